The summed E-state index contributed by atoms with van der Waals surface area (Å²) in [6.45, 7) is 4.15. The Balaban J connectivity index is 1.76. The first-order chi connectivity index (χ1) is 10.3. The summed E-state index contributed by atoms with van der Waals surface area (Å²) in [5, 5.41) is 8.27. The van der Waals surface area contributed by atoms with Crippen molar-refractivity contribution in [3.8, 4) is 10.8 Å². The standard InChI is InChI=1S/C14H15N3O2S2/c1-2-16(9-11-5-3-7-20-11)10-17-14(18)19-13(15-17)12-6-4-8-21-12/h3-8H,2,9-10H2,1H3. The van der Waals surface area contributed by atoms with Gasteiger partial charge in [-0.2, -0.15) is 4.68 Å². The SMILES string of the molecule is CCN(Cc1cccs1)Cn1nc(-c2cccs2)oc1=O. The molecule has 3 aromatic rings. The molecule has 0 bridgehead atoms. The summed E-state index contributed by atoms with van der Waals surface area (Å²) in [6, 6.07) is 7.93. The Morgan fingerprint density at radius 1 is 1.29 bits per heavy atom. The monoisotopic (exact) mass is 321 g/mol. The Labute approximate surface area is 130 Å². The molecule has 3 heterocycles. The van der Waals surface area contributed by atoms with Crippen molar-refractivity contribution in [3.05, 3.63) is 50.5 Å². The molecular weight excluding hydrogens is 306 g/mol. The average molecular weight is 321 g/mol. The highest BCUT2D eigenvalue weighted by Crippen LogP contribution is 2.21. The minimum absolute atomic E-state index is 0.391. The van der Waals surface area contributed by atoms with Crippen LogP contribution in [0, 0.1) is 0 Å². The van der Waals surface area contributed by atoms with Crippen LogP contribution in [0.15, 0.2) is 44.2 Å². The largest absolute Gasteiger partial charge is 0.438 e. The van der Waals surface area contributed by atoms with Crippen LogP contribution in [-0.2, 0) is 13.2 Å². The van der Waals surface area contributed by atoms with Crippen molar-refractivity contribution in [2.24, 2.45) is 0 Å². The number of nitrogens with zero attached hydrogens (tertiary/aromatic N) is 3. The Hall–Kier alpha value is -1.70. The minimum Gasteiger partial charge on any atom is -0.387 e. The van der Waals surface area contributed by atoms with Gasteiger partial charge in [0.1, 0.15) is 6.67 Å². The Kier molecular flexibility index (Phi) is 4.33. The van der Waals surface area contributed by atoms with Crippen molar-refractivity contribution < 1.29 is 4.42 Å². The lowest BCUT2D eigenvalue weighted by Crippen LogP contribution is -2.30. The van der Waals surface area contributed by atoms with E-state index in [1.54, 1.807) is 11.3 Å². The van der Waals surface area contributed by atoms with E-state index in [1.807, 2.05) is 23.6 Å². The highest BCUT2D eigenvalue weighted by Gasteiger charge is 2.13. The fraction of sp³-hybridized carbons (Fsp3) is 0.286. The first-order valence-electron chi connectivity index (χ1n) is 6.63. The predicted molar refractivity (Wildman–Crippen MR) is 84.5 cm³/mol. The van der Waals surface area contributed by atoms with Crippen LogP contribution < -0.4 is 5.76 Å². The maximum atomic E-state index is 11.9. The summed E-state index contributed by atoms with van der Waals surface area (Å²) in [4.78, 5) is 16.2. The molecule has 0 spiro atoms. The lowest BCUT2D eigenvalue weighted by Gasteiger charge is -2.18. The molecule has 0 aliphatic carbocycles. The third-order valence-corrected chi connectivity index (χ3v) is 4.80. The molecule has 0 saturated heterocycles. The van der Waals surface area contributed by atoms with E-state index in [9.17, 15) is 4.79 Å². The van der Waals surface area contributed by atoms with Gasteiger partial charge in [0.15, 0.2) is 0 Å². The van der Waals surface area contributed by atoms with Crippen LogP contribution in [0.5, 0.6) is 0 Å². The maximum absolute atomic E-state index is 11.9. The van der Waals surface area contributed by atoms with Gasteiger partial charge >= 0.3 is 5.76 Å². The van der Waals surface area contributed by atoms with Gasteiger partial charge in [-0.05, 0) is 29.4 Å². The van der Waals surface area contributed by atoms with Crippen LogP contribution in [0.2, 0.25) is 0 Å². The Bertz CT molecular complexity index is 729. The van der Waals surface area contributed by atoms with Crippen molar-refractivity contribution >= 4 is 22.7 Å². The molecule has 0 amide bonds. The highest BCUT2D eigenvalue weighted by molar-refractivity contribution is 7.13. The van der Waals surface area contributed by atoms with E-state index >= 15 is 0 Å². The molecule has 0 unspecified atom stereocenters. The zero-order valence-corrected chi connectivity index (χ0v) is 13.2. The number of hydrogen-bond acceptors (Lipinski definition) is 6. The van der Waals surface area contributed by atoms with Crippen LogP contribution in [0.1, 0.15) is 11.8 Å². The molecule has 0 radical (unpaired) electrons. The highest BCUT2D eigenvalue weighted by atomic mass is 32.1. The Morgan fingerprint density at radius 2 is 2.10 bits per heavy atom. The summed E-state index contributed by atoms with van der Waals surface area (Å²) in [6.07, 6.45) is 0. The van der Waals surface area contributed by atoms with Crippen molar-refractivity contribution in [3.63, 3.8) is 0 Å². The summed E-state index contributed by atoms with van der Waals surface area (Å²) in [7, 11) is 0. The van der Waals surface area contributed by atoms with Gasteiger partial charge in [-0.3, -0.25) is 4.90 Å². The van der Waals surface area contributed by atoms with Crippen molar-refractivity contribution in [1.82, 2.24) is 14.7 Å². The van der Waals surface area contributed by atoms with E-state index in [0.29, 0.717) is 12.6 Å². The van der Waals surface area contributed by atoms with Gasteiger partial charge in [-0.25, -0.2) is 4.79 Å². The normalized spacial score (nSPS) is 11.3. The molecule has 110 valence electrons. The van der Waals surface area contributed by atoms with Gasteiger partial charge < -0.3 is 4.42 Å². The number of hydrogen-bond donors (Lipinski definition) is 0. The molecule has 0 N–H and O–H groups in total. The molecular formula is C14H15N3O2S2. The summed E-state index contributed by atoms with van der Waals surface area (Å²) < 4.78 is 6.60. The third-order valence-electron chi connectivity index (χ3n) is 3.08. The summed E-state index contributed by atoms with van der Waals surface area (Å²) >= 11 is 3.22. The zero-order valence-electron chi connectivity index (χ0n) is 11.6. The smallest absolute Gasteiger partial charge is 0.387 e. The predicted octanol–water partition coefficient (Wildman–Crippen LogP) is 3.11. The Morgan fingerprint density at radius 3 is 2.76 bits per heavy atom. The van der Waals surface area contributed by atoms with Gasteiger partial charge in [0.25, 0.3) is 5.89 Å². The second-order valence-corrected chi connectivity index (χ2v) is 6.50. The lowest BCUT2D eigenvalue weighted by atomic mass is 10.4. The van der Waals surface area contributed by atoms with Crippen LogP contribution in [0.4, 0.5) is 0 Å². The van der Waals surface area contributed by atoms with Crippen LogP contribution in [-0.4, -0.2) is 21.2 Å². The molecule has 21 heavy (non-hydrogen) atoms. The molecule has 7 heteroatoms. The first kappa shape index (κ1) is 14.2. The van der Waals surface area contributed by atoms with Crippen LogP contribution in [0.25, 0.3) is 10.8 Å². The number of aromatic nitrogens is 2. The summed E-state index contributed by atoms with van der Waals surface area (Å²) in [5.74, 6) is -0.0230. The second-order valence-electron chi connectivity index (χ2n) is 4.52. The molecule has 0 aliphatic heterocycles. The van der Waals surface area contributed by atoms with Gasteiger partial charge in [-0.1, -0.05) is 19.1 Å². The van der Waals surface area contributed by atoms with E-state index in [0.717, 1.165) is 18.0 Å². The minimum atomic E-state index is -0.414. The molecule has 0 atom stereocenters. The fourth-order valence-electron chi connectivity index (χ4n) is 1.97. The van der Waals surface area contributed by atoms with Crippen molar-refractivity contribution in [2.45, 2.75) is 20.1 Å². The zero-order chi connectivity index (χ0) is 14.7. The van der Waals surface area contributed by atoms with Crippen molar-refractivity contribution in [2.75, 3.05) is 6.54 Å². The van der Waals surface area contributed by atoms with E-state index in [4.69, 9.17) is 4.42 Å². The summed E-state index contributed by atoms with van der Waals surface area (Å²) in [5.41, 5.74) is 0. The van der Waals surface area contributed by atoms with Gasteiger partial charge in [0, 0.05) is 11.4 Å². The van der Waals surface area contributed by atoms with E-state index in [1.165, 1.54) is 20.9 Å². The molecule has 0 aliphatic rings. The molecule has 5 nitrogen and oxygen atoms in total. The van der Waals surface area contributed by atoms with Crippen LogP contribution >= 0.6 is 22.7 Å². The number of thiophene rings is 2. The van der Waals surface area contributed by atoms with Gasteiger partial charge in [0.2, 0.25) is 0 Å². The third kappa shape index (κ3) is 3.31. The van der Waals surface area contributed by atoms with Gasteiger partial charge in [0.05, 0.1) is 4.88 Å². The molecule has 3 rings (SSSR count). The maximum Gasteiger partial charge on any atom is 0.438 e. The second kappa shape index (κ2) is 6.38. The van der Waals surface area contributed by atoms with Crippen LogP contribution in [0.3, 0.4) is 0 Å². The van der Waals surface area contributed by atoms with Gasteiger partial charge in [-0.15, -0.1) is 27.8 Å². The number of rotatable bonds is 6. The average Bonchev–Trinajstić information content (AvgIpc) is 3.20. The van der Waals surface area contributed by atoms with E-state index < -0.39 is 5.76 Å². The fourth-order valence-corrected chi connectivity index (χ4v) is 3.36. The lowest BCUT2D eigenvalue weighted by molar-refractivity contribution is 0.203. The molecule has 0 aromatic carbocycles. The first-order valence-corrected chi connectivity index (χ1v) is 8.38. The molecule has 3 aromatic heterocycles. The van der Waals surface area contributed by atoms with Crippen molar-refractivity contribution in [1.29, 1.82) is 0 Å². The van der Waals surface area contributed by atoms with E-state index in [2.05, 4.69) is 28.4 Å². The molecule has 0 saturated carbocycles. The van der Waals surface area contributed by atoms with E-state index in [-0.39, 0.29) is 0 Å². The molecule has 0 fully saturated rings. The topological polar surface area (TPSA) is 51.3 Å². The quantitative estimate of drug-likeness (QED) is 0.700.